The molecule has 26 heavy (non-hydrogen) atoms. The molecule has 3 rings (SSSR count). The van der Waals surface area contributed by atoms with E-state index in [4.69, 9.17) is 4.74 Å². The number of nitro benzene ring substituents is 1. The number of carbonyl (C=O) groups excluding carboxylic acids is 1. The van der Waals surface area contributed by atoms with Crippen molar-refractivity contribution in [2.75, 3.05) is 30.4 Å². The summed E-state index contributed by atoms with van der Waals surface area (Å²) in [6.45, 7) is 1.74. The molecule has 0 aromatic heterocycles. The van der Waals surface area contributed by atoms with Gasteiger partial charge in [-0.2, -0.15) is 0 Å². The molecular weight excluding hydrogens is 334 g/mol. The predicted molar refractivity (Wildman–Crippen MR) is 100 cm³/mol. The molecule has 1 fully saturated rings. The first-order valence-electron chi connectivity index (χ1n) is 8.58. The van der Waals surface area contributed by atoms with Gasteiger partial charge in [0.05, 0.1) is 29.0 Å². The van der Waals surface area contributed by atoms with Crippen molar-refractivity contribution in [3.8, 4) is 5.75 Å². The van der Waals surface area contributed by atoms with Gasteiger partial charge in [-0.15, -0.1) is 0 Å². The number of para-hydroxylation sites is 1. The summed E-state index contributed by atoms with van der Waals surface area (Å²) in [7, 11) is 1.50. The second kappa shape index (κ2) is 7.86. The fraction of sp³-hybridized carbons (Fsp3) is 0.316. The van der Waals surface area contributed by atoms with Crippen molar-refractivity contribution in [3.05, 3.63) is 58.1 Å². The van der Waals surface area contributed by atoms with Crippen LogP contribution in [0.5, 0.6) is 5.75 Å². The largest absolute Gasteiger partial charge is 0.496 e. The SMILES string of the molecule is COc1ccccc1C(=O)Nc1cc([N+](=O)[O-])ccc1N1CCCCC1. The van der Waals surface area contributed by atoms with Gasteiger partial charge in [0.15, 0.2) is 0 Å². The number of amides is 1. The Morgan fingerprint density at radius 1 is 1.15 bits per heavy atom. The number of hydrogen-bond acceptors (Lipinski definition) is 5. The van der Waals surface area contributed by atoms with E-state index >= 15 is 0 Å². The minimum atomic E-state index is -0.460. The van der Waals surface area contributed by atoms with E-state index in [9.17, 15) is 14.9 Å². The van der Waals surface area contributed by atoms with Crippen LogP contribution in [0.1, 0.15) is 29.6 Å². The molecule has 1 aliphatic rings. The fourth-order valence-corrected chi connectivity index (χ4v) is 3.17. The number of ether oxygens (including phenoxy) is 1. The van der Waals surface area contributed by atoms with Gasteiger partial charge in [-0.1, -0.05) is 12.1 Å². The first-order valence-corrected chi connectivity index (χ1v) is 8.58. The number of piperidine rings is 1. The summed E-state index contributed by atoms with van der Waals surface area (Å²) in [6.07, 6.45) is 3.31. The summed E-state index contributed by atoms with van der Waals surface area (Å²) >= 11 is 0. The van der Waals surface area contributed by atoms with Gasteiger partial charge in [0.25, 0.3) is 11.6 Å². The standard InChI is InChI=1S/C19H21N3O4/c1-26-18-8-4-3-7-15(18)19(23)20-16-13-14(22(24)25)9-10-17(16)21-11-5-2-6-12-21/h3-4,7-10,13H,2,5-6,11-12H2,1H3,(H,20,23). The lowest BCUT2D eigenvalue weighted by molar-refractivity contribution is -0.384. The lowest BCUT2D eigenvalue weighted by atomic mass is 10.1. The van der Waals surface area contributed by atoms with Gasteiger partial charge in [0.1, 0.15) is 5.75 Å². The van der Waals surface area contributed by atoms with Gasteiger partial charge >= 0.3 is 0 Å². The highest BCUT2D eigenvalue weighted by Gasteiger charge is 2.20. The Balaban J connectivity index is 1.94. The van der Waals surface area contributed by atoms with Gasteiger partial charge in [0, 0.05) is 25.2 Å². The van der Waals surface area contributed by atoms with Crippen molar-refractivity contribution in [1.29, 1.82) is 0 Å². The van der Waals surface area contributed by atoms with E-state index < -0.39 is 4.92 Å². The van der Waals surface area contributed by atoms with Gasteiger partial charge in [-0.25, -0.2) is 0 Å². The summed E-state index contributed by atoms with van der Waals surface area (Å²) in [5.41, 5.74) is 1.57. The van der Waals surface area contributed by atoms with Crippen LogP contribution in [0.4, 0.5) is 17.1 Å². The molecule has 2 aromatic carbocycles. The Kier molecular flexibility index (Phi) is 5.36. The zero-order valence-corrected chi connectivity index (χ0v) is 14.6. The molecule has 1 aliphatic heterocycles. The third-order valence-corrected chi connectivity index (χ3v) is 4.49. The monoisotopic (exact) mass is 355 g/mol. The van der Waals surface area contributed by atoms with Crippen molar-refractivity contribution in [3.63, 3.8) is 0 Å². The van der Waals surface area contributed by atoms with Crippen molar-refractivity contribution >= 4 is 23.0 Å². The number of carbonyl (C=O) groups is 1. The summed E-state index contributed by atoms with van der Waals surface area (Å²) < 4.78 is 5.23. The van der Waals surface area contributed by atoms with Crippen LogP contribution < -0.4 is 15.0 Å². The predicted octanol–water partition coefficient (Wildman–Crippen LogP) is 3.85. The average molecular weight is 355 g/mol. The molecule has 0 radical (unpaired) electrons. The maximum atomic E-state index is 12.7. The molecule has 7 nitrogen and oxygen atoms in total. The molecular formula is C19H21N3O4. The van der Waals surface area contributed by atoms with E-state index in [-0.39, 0.29) is 11.6 Å². The molecule has 0 aliphatic carbocycles. The van der Waals surface area contributed by atoms with Crippen molar-refractivity contribution in [2.24, 2.45) is 0 Å². The van der Waals surface area contributed by atoms with Crippen LogP contribution in [0, 0.1) is 10.1 Å². The highest BCUT2D eigenvalue weighted by molar-refractivity contribution is 6.07. The lowest BCUT2D eigenvalue weighted by Crippen LogP contribution is -2.30. The van der Waals surface area contributed by atoms with E-state index in [1.165, 1.54) is 25.7 Å². The molecule has 0 atom stereocenters. The third kappa shape index (κ3) is 3.77. The first-order chi connectivity index (χ1) is 12.6. The topological polar surface area (TPSA) is 84.7 Å². The number of methoxy groups -OCH3 is 1. The minimum absolute atomic E-state index is 0.0545. The summed E-state index contributed by atoms with van der Waals surface area (Å²) in [5, 5.41) is 14.0. The highest BCUT2D eigenvalue weighted by Crippen LogP contribution is 2.33. The Morgan fingerprint density at radius 2 is 1.88 bits per heavy atom. The number of nitrogens with one attached hydrogen (secondary N) is 1. The molecule has 1 amide bonds. The minimum Gasteiger partial charge on any atom is -0.496 e. The quantitative estimate of drug-likeness (QED) is 0.650. The zero-order valence-electron chi connectivity index (χ0n) is 14.6. The van der Waals surface area contributed by atoms with E-state index in [1.54, 1.807) is 30.3 Å². The molecule has 2 aromatic rings. The molecule has 0 saturated carbocycles. The van der Waals surface area contributed by atoms with Gasteiger partial charge < -0.3 is 15.0 Å². The van der Waals surface area contributed by atoms with Gasteiger partial charge in [-0.3, -0.25) is 14.9 Å². The van der Waals surface area contributed by atoms with E-state index in [0.29, 0.717) is 17.0 Å². The smallest absolute Gasteiger partial charge is 0.271 e. The Labute approximate surface area is 151 Å². The second-order valence-corrected chi connectivity index (χ2v) is 6.16. The Bertz CT molecular complexity index is 816. The second-order valence-electron chi connectivity index (χ2n) is 6.16. The number of anilines is 2. The Morgan fingerprint density at radius 3 is 2.58 bits per heavy atom. The zero-order chi connectivity index (χ0) is 18.5. The first kappa shape index (κ1) is 17.7. The molecule has 7 heteroatoms. The van der Waals surface area contributed by atoms with Crippen LogP contribution in [0.25, 0.3) is 0 Å². The molecule has 1 N–H and O–H groups in total. The number of rotatable bonds is 5. The van der Waals surface area contributed by atoms with Crippen molar-refractivity contribution in [2.45, 2.75) is 19.3 Å². The number of hydrogen-bond donors (Lipinski definition) is 1. The van der Waals surface area contributed by atoms with Crippen molar-refractivity contribution < 1.29 is 14.5 Å². The van der Waals surface area contributed by atoms with Crippen molar-refractivity contribution in [1.82, 2.24) is 0 Å². The molecule has 0 spiro atoms. The maximum absolute atomic E-state index is 12.7. The van der Waals surface area contributed by atoms with Crippen LogP contribution in [-0.2, 0) is 0 Å². The van der Waals surface area contributed by atoms with Gasteiger partial charge in [-0.05, 0) is 37.5 Å². The normalized spacial score (nSPS) is 14.0. The summed E-state index contributed by atoms with van der Waals surface area (Å²) in [5.74, 6) is 0.0937. The van der Waals surface area contributed by atoms with Gasteiger partial charge in [0.2, 0.25) is 0 Å². The van der Waals surface area contributed by atoms with Crippen LogP contribution in [0.2, 0.25) is 0 Å². The lowest BCUT2D eigenvalue weighted by Gasteiger charge is -2.30. The summed E-state index contributed by atoms with van der Waals surface area (Å²) in [6, 6.07) is 11.5. The average Bonchev–Trinajstić information content (AvgIpc) is 2.68. The highest BCUT2D eigenvalue weighted by atomic mass is 16.6. The molecule has 0 unspecified atom stereocenters. The molecule has 136 valence electrons. The third-order valence-electron chi connectivity index (χ3n) is 4.49. The Hall–Kier alpha value is -3.09. The number of non-ortho nitro benzene ring substituents is 1. The molecule has 1 heterocycles. The number of nitrogens with zero attached hydrogens (tertiary/aromatic N) is 2. The van der Waals surface area contributed by atoms with Crippen LogP contribution >= 0.6 is 0 Å². The fourth-order valence-electron chi connectivity index (χ4n) is 3.17. The van der Waals surface area contributed by atoms with Crippen LogP contribution in [0.15, 0.2) is 42.5 Å². The van der Waals surface area contributed by atoms with E-state index in [1.807, 2.05) is 0 Å². The number of benzene rings is 2. The molecule has 0 bridgehead atoms. The van der Waals surface area contributed by atoms with E-state index in [2.05, 4.69) is 10.2 Å². The number of nitro groups is 1. The maximum Gasteiger partial charge on any atom is 0.271 e. The van der Waals surface area contributed by atoms with Crippen LogP contribution in [0.3, 0.4) is 0 Å². The summed E-state index contributed by atoms with van der Waals surface area (Å²) in [4.78, 5) is 25.6. The van der Waals surface area contributed by atoms with Crippen LogP contribution in [-0.4, -0.2) is 31.0 Å². The van der Waals surface area contributed by atoms with E-state index in [0.717, 1.165) is 31.6 Å². The molecule has 1 saturated heterocycles.